The molecule has 0 saturated carbocycles. The Hall–Kier alpha value is -1.30. The molecule has 1 unspecified atom stereocenters. The van der Waals surface area contributed by atoms with E-state index >= 15 is 0 Å². The fraction of sp³-hybridized carbons (Fsp3) is 0.500. The fourth-order valence-corrected chi connectivity index (χ4v) is 1.58. The lowest BCUT2D eigenvalue weighted by atomic mass is 10.1. The SMILES string of the molecule is CC(O)(CO)CNCc1ccc2c(c1)OCO2. The first-order valence-corrected chi connectivity index (χ1v) is 5.53. The zero-order valence-corrected chi connectivity index (χ0v) is 9.77. The van der Waals surface area contributed by atoms with Gasteiger partial charge in [0.1, 0.15) is 0 Å². The molecule has 5 nitrogen and oxygen atoms in total. The van der Waals surface area contributed by atoms with Crippen molar-refractivity contribution in [2.45, 2.75) is 19.1 Å². The Balaban J connectivity index is 1.88. The number of ether oxygens (including phenoxy) is 2. The van der Waals surface area contributed by atoms with Gasteiger partial charge in [-0.1, -0.05) is 6.07 Å². The molecule has 1 aromatic carbocycles. The molecule has 1 atom stereocenters. The predicted octanol–water partition coefficient (Wildman–Crippen LogP) is 0.248. The van der Waals surface area contributed by atoms with Crippen LogP contribution in [0.15, 0.2) is 18.2 Å². The lowest BCUT2D eigenvalue weighted by molar-refractivity contribution is 0.00254. The van der Waals surface area contributed by atoms with E-state index in [1.54, 1.807) is 6.92 Å². The second-order valence-electron chi connectivity index (χ2n) is 4.45. The lowest BCUT2D eigenvalue weighted by Crippen LogP contribution is -2.40. The van der Waals surface area contributed by atoms with Crippen LogP contribution < -0.4 is 14.8 Å². The average Bonchev–Trinajstić information content (AvgIpc) is 2.76. The Labute approximate surface area is 100.0 Å². The third kappa shape index (κ3) is 3.09. The highest BCUT2D eigenvalue weighted by Gasteiger charge is 2.18. The normalized spacial score (nSPS) is 16.9. The van der Waals surface area contributed by atoms with E-state index in [0.29, 0.717) is 13.1 Å². The topological polar surface area (TPSA) is 71.0 Å². The van der Waals surface area contributed by atoms with E-state index in [2.05, 4.69) is 5.32 Å². The number of aliphatic hydroxyl groups is 2. The van der Waals surface area contributed by atoms with Crippen LogP contribution in [0, 0.1) is 0 Å². The minimum atomic E-state index is -1.09. The van der Waals surface area contributed by atoms with Gasteiger partial charge in [-0.25, -0.2) is 0 Å². The van der Waals surface area contributed by atoms with Gasteiger partial charge in [0.15, 0.2) is 11.5 Å². The van der Waals surface area contributed by atoms with Gasteiger partial charge < -0.3 is 25.0 Å². The van der Waals surface area contributed by atoms with Crippen molar-refractivity contribution in [3.63, 3.8) is 0 Å². The van der Waals surface area contributed by atoms with Crippen molar-refractivity contribution in [2.75, 3.05) is 19.9 Å². The minimum absolute atomic E-state index is 0.263. The van der Waals surface area contributed by atoms with Crippen LogP contribution in [-0.4, -0.2) is 35.8 Å². The zero-order chi connectivity index (χ0) is 12.3. The van der Waals surface area contributed by atoms with Gasteiger partial charge in [0, 0.05) is 13.1 Å². The quantitative estimate of drug-likeness (QED) is 0.687. The average molecular weight is 239 g/mol. The summed E-state index contributed by atoms with van der Waals surface area (Å²) in [6.45, 7) is 2.52. The summed E-state index contributed by atoms with van der Waals surface area (Å²) in [5.74, 6) is 1.51. The van der Waals surface area contributed by atoms with Crippen LogP contribution in [0.4, 0.5) is 0 Å². The van der Waals surface area contributed by atoms with Crippen LogP contribution in [0.2, 0.25) is 0 Å². The van der Waals surface area contributed by atoms with Gasteiger partial charge in [0.25, 0.3) is 0 Å². The summed E-state index contributed by atoms with van der Waals surface area (Å²) in [6, 6.07) is 5.71. The number of hydrogen-bond donors (Lipinski definition) is 3. The van der Waals surface area contributed by atoms with Gasteiger partial charge in [-0.15, -0.1) is 0 Å². The van der Waals surface area contributed by atoms with E-state index in [0.717, 1.165) is 17.1 Å². The summed E-state index contributed by atoms with van der Waals surface area (Å²) in [7, 11) is 0. The Kier molecular flexibility index (Phi) is 3.51. The van der Waals surface area contributed by atoms with Gasteiger partial charge in [0.05, 0.1) is 12.2 Å². The number of rotatable bonds is 5. The van der Waals surface area contributed by atoms with Gasteiger partial charge in [0.2, 0.25) is 6.79 Å². The minimum Gasteiger partial charge on any atom is -0.454 e. The lowest BCUT2D eigenvalue weighted by Gasteiger charge is -2.20. The van der Waals surface area contributed by atoms with Crippen molar-refractivity contribution in [3.05, 3.63) is 23.8 Å². The van der Waals surface area contributed by atoms with E-state index in [-0.39, 0.29) is 13.4 Å². The first kappa shape index (κ1) is 12.2. The molecule has 1 aliphatic rings. The van der Waals surface area contributed by atoms with Crippen molar-refractivity contribution < 1.29 is 19.7 Å². The molecule has 2 rings (SSSR count). The third-order valence-corrected chi connectivity index (χ3v) is 2.61. The maximum Gasteiger partial charge on any atom is 0.231 e. The third-order valence-electron chi connectivity index (χ3n) is 2.61. The summed E-state index contributed by atoms with van der Waals surface area (Å²) in [6.07, 6.45) is 0. The van der Waals surface area contributed by atoms with E-state index in [1.165, 1.54) is 0 Å². The molecule has 0 aromatic heterocycles. The molecule has 1 aliphatic heterocycles. The fourth-order valence-electron chi connectivity index (χ4n) is 1.58. The highest BCUT2D eigenvalue weighted by atomic mass is 16.7. The Bertz CT molecular complexity index is 392. The Morgan fingerprint density at radius 2 is 2.12 bits per heavy atom. The number of hydrogen-bond acceptors (Lipinski definition) is 5. The summed E-state index contributed by atoms with van der Waals surface area (Å²) >= 11 is 0. The van der Waals surface area contributed by atoms with Crippen molar-refractivity contribution in [1.29, 1.82) is 0 Å². The first-order chi connectivity index (χ1) is 8.11. The van der Waals surface area contributed by atoms with Crippen LogP contribution >= 0.6 is 0 Å². The maximum atomic E-state index is 9.60. The highest BCUT2D eigenvalue weighted by Crippen LogP contribution is 2.32. The number of benzene rings is 1. The molecule has 1 heterocycles. The van der Waals surface area contributed by atoms with Gasteiger partial charge in [-0.3, -0.25) is 0 Å². The molecule has 1 aromatic rings. The van der Waals surface area contributed by atoms with Gasteiger partial charge in [-0.05, 0) is 24.6 Å². The van der Waals surface area contributed by atoms with Crippen molar-refractivity contribution in [2.24, 2.45) is 0 Å². The molecule has 17 heavy (non-hydrogen) atoms. The molecule has 0 fully saturated rings. The molecule has 0 amide bonds. The first-order valence-electron chi connectivity index (χ1n) is 5.53. The van der Waals surface area contributed by atoms with E-state index in [1.807, 2.05) is 18.2 Å². The monoisotopic (exact) mass is 239 g/mol. The molecule has 0 spiro atoms. The van der Waals surface area contributed by atoms with Crippen LogP contribution in [0.3, 0.4) is 0 Å². The van der Waals surface area contributed by atoms with Gasteiger partial charge >= 0.3 is 0 Å². The van der Waals surface area contributed by atoms with E-state index in [4.69, 9.17) is 14.6 Å². The van der Waals surface area contributed by atoms with Crippen molar-refractivity contribution in [3.8, 4) is 11.5 Å². The van der Waals surface area contributed by atoms with E-state index in [9.17, 15) is 5.11 Å². The van der Waals surface area contributed by atoms with Crippen molar-refractivity contribution >= 4 is 0 Å². The Morgan fingerprint density at radius 3 is 2.88 bits per heavy atom. The molecule has 0 bridgehead atoms. The van der Waals surface area contributed by atoms with Gasteiger partial charge in [-0.2, -0.15) is 0 Å². The second kappa shape index (κ2) is 4.91. The number of nitrogens with one attached hydrogen (secondary N) is 1. The second-order valence-corrected chi connectivity index (χ2v) is 4.45. The predicted molar refractivity (Wildman–Crippen MR) is 62.0 cm³/mol. The molecule has 3 N–H and O–H groups in total. The summed E-state index contributed by atoms with van der Waals surface area (Å²) in [5, 5.41) is 21.6. The number of aliphatic hydroxyl groups excluding tert-OH is 1. The maximum absolute atomic E-state index is 9.60. The van der Waals surface area contributed by atoms with Crippen LogP contribution in [-0.2, 0) is 6.54 Å². The smallest absolute Gasteiger partial charge is 0.231 e. The zero-order valence-electron chi connectivity index (χ0n) is 9.77. The summed E-state index contributed by atoms with van der Waals surface area (Å²) in [4.78, 5) is 0. The molecule has 0 radical (unpaired) electrons. The molecule has 0 aliphatic carbocycles. The highest BCUT2D eigenvalue weighted by molar-refractivity contribution is 5.44. The molecular formula is C12H17NO4. The van der Waals surface area contributed by atoms with E-state index < -0.39 is 5.60 Å². The Morgan fingerprint density at radius 1 is 1.35 bits per heavy atom. The van der Waals surface area contributed by atoms with Crippen LogP contribution in [0.5, 0.6) is 11.5 Å². The van der Waals surface area contributed by atoms with Crippen LogP contribution in [0.1, 0.15) is 12.5 Å². The molecule has 0 saturated heterocycles. The number of fused-ring (bicyclic) bond motifs is 1. The standard InChI is InChI=1S/C12H17NO4/c1-12(15,7-14)6-13-5-9-2-3-10-11(4-9)17-8-16-10/h2-4,13-15H,5-8H2,1H3. The largest absolute Gasteiger partial charge is 0.454 e. The molecular weight excluding hydrogens is 222 g/mol. The molecule has 5 heteroatoms. The summed E-state index contributed by atoms with van der Waals surface area (Å²) < 4.78 is 10.5. The van der Waals surface area contributed by atoms with Crippen molar-refractivity contribution in [1.82, 2.24) is 5.32 Å². The summed E-state index contributed by atoms with van der Waals surface area (Å²) in [5.41, 5.74) is -0.0425. The molecule has 94 valence electrons. The van der Waals surface area contributed by atoms with Crippen LogP contribution in [0.25, 0.3) is 0 Å².